The predicted molar refractivity (Wildman–Crippen MR) is 124 cm³/mol. The van der Waals surface area contributed by atoms with E-state index in [2.05, 4.69) is 44.4 Å². The van der Waals surface area contributed by atoms with E-state index in [9.17, 15) is 4.79 Å². The number of rotatable bonds is 5. The summed E-state index contributed by atoms with van der Waals surface area (Å²) in [6.45, 7) is 7.10. The van der Waals surface area contributed by atoms with Crippen LogP contribution in [0.4, 0.5) is 5.69 Å². The molecule has 1 atom stereocenters. The highest BCUT2D eigenvalue weighted by Crippen LogP contribution is 2.25. The fraction of sp³-hybridized carbons (Fsp3) is 0.417. The van der Waals surface area contributed by atoms with Crippen LogP contribution in [0.5, 0.6) is 0 Å². The SMILES string of the molecule is CCc1nc2ccc(Cl)cn2c1C(=O)NCc1ccc(N2CCN3CCCC3C2)cc1. The van der Waals surface area contributed by atoms with Crippen LogP contribution in [-0.2, 0) is 13.0 Å². The van der Waals surface area contributed by atoms with Crippen molar-refractivity contribution >= 4 is 28.8 Å². The van der Waals surface area contributed by atoms with E-state index >= 15 is 0 Å². The molecule has 2 aromatic heterocycles. The monoisotopic (exact) mass is 437 g/mol. The van der Waals surface area contributed by atoms with E-state index in [0.717, 1.165) is 36.5 Å². The van der Waals surface area contributed by atoms with Crippen molar-refractivity contribution in [3.8, 4) is 0 Å². The Balaban J connectivity index is 1.26. The fourth-order valence-electron chi connectivity index (χ4n) is 4.87. The summed E-state index contributed by atoms with van der Waals surface area (Å²) >= 11 is 6.14. The highest BCUT2D eigenvalue weighted by atomic mass is 35.5. The van der Waals surface area contributed by atoms with Crippen molar-refractivity contribution < 1.29 is 4.79 Å². The number of carbonyl (C=O) groups excluding carboxylic acids is 1. The lowest BCUT2D eigenvalue weighted by molar-refractivity contribution is 0.0944. The Bertz CT molecular complexity index is 1090. The number of nitrogens with one attached hydrogen (secondary N) is 1. The molecule has 0 bridgehead atoms. The summed E-state index contributed by atoms with van der Waals surface area (Å²) in [5.41, 5.74) is 4.43. The van der Waals surface area contributed by atoms with Gasteiger partial charge in [0.05, 0.1) is 10.7 Å². The Morgan fingerprint density at radius 3 is 2.81 bits per heavy atom. The van der Waals surface area contributed by atoms with Crippen LogP contribution < -0.4 is 10.2 Å². The van der Waals surface area contributed by atoms with Gasteiger partial charge in [-0.3, -0.25) is 14.1 Å². The van der Waals surface area contributed by atoms with Crippen LogP contribution in [0, 0.1) is 0 Å². The number of hydrogen-bond acceptors (Lipinski definition) is 4. The molecule has 1 N–H and O–H groups in total. The number of anilines is 1. The van der Waals surface area contributed by atoms with Gasteiger partial charge in [0.1, 0.15) is 11.3 Å². The van der Waals surface area contributed by atoms with E-state index in [1.54, 1.807) is 16.7 Å². The van der Waals surface area contributed by atoms with E-state index in [0.29, 0.717) is 29.7 Å². The molecule has 5 rings (SSSR count). The molecule has 31 heavy (non-hydrogen) atoms. The Morgan fingerprint density at radius 1 is 1.16 bits per heavy atom. The van der Waals surface area contributed by atoms with Crippen LogP contribution in [0.3, 0.4) is 0 Å². The molecule has 2 aliphatic heterocycles. The second kappa shape index (κ2) is 8.52. The zero-order chi connectivity index (χ0) is 21.4. The number of hydrogen-bond donors (Lipinski definition) is 1. The highest BCUT2D eigenvalue weighted by Gasteiger charge is 2.30. The first kappa shape index (κ1) is 20.3. The van der Waals surface area contributed by atoms with Crippen molar-refractivity contribution in [2.24, 2.45) is 0 Å². The van der Waals surface area contributed by atoms with Gasteiger partial charge < -0.3 is 10.2 Å². The van der Waals surface area contributed by atoms with Crippen molar-refractivity contribution in [2.45, 2.75) is 38.8 Å². The van der Waals surface area contributed by atoms with Crippen LogP contribution in [0.2, 0.25) is 5.02 Å². The minimum atomic E-state index is -0.131. The first-order chi connectivity index (χ1) is 15.1. The molecule has 1 amide bonds. The topological polar surface area (TPSA) is 52.9 Å². The number of imidazole rings is 1. The summed E-state index contributed by atoms with van der Waals surface area (Å²) in [5.74, 6) is -0.131. The third-order valence-corrected chi connectivity index (χ3v) is 6.77. The summed E-state index contributed by atoms with van der Waals surface area (Å²) < 4.78 is 1.78. The first-order valence-electron chi connectivity index (χ1n) is 11.1. The van der Waals surface area contributed by atoms with Gasteiger partial charge in [-0.05, 0) is 55.6 Å². The summed E-state index contributed by atoms with van der Waals surface area (Å²) in [4.78, 5) is 22.7. The van der Waals surface area contributed by atoms with Gasteiger partial charge in [-0.15, -0.1) is 0 Å². The van der Waals surface area contributed by atoms with Crippen LogP contribution in [-0.4, -0.2) is 52.4 Å². The summed E-state index contributed by atoms with van der Waals surface area (Å²) in [6.07, 6.45) is 5.08. The molecule has 4 heterocycles. The van der Waals surface area contributed by atoms with E-state index in [4.69, 9.17) is 11.6 Å². The lowest BCUT2D eigenvalue weighted by atomic mass is 10.1. The number of aromatic nitrogens is 2. The number of nitrogens with zero attached hydrogens (tertiary/aromatic N) is 4. The average Bonchev–Trinajstić information content (AvgIpc) is 3.41. The maximum Gasteiger partial charge on any atom is 0.270 e. The molecule has 6 nitrogen and oxygen atoms in total. The third-order valence-electron chi connectivity index (χ3n) is 6.55. The summed E-state index contributed by atoms with van der Waals surface area (Å²) in [5, 5.41) is 3.63. The summed E-state index contributed by atoms with van der Waals surface area (Å²) in [7, 11) is 0. The molecule has 0 aliphatic carbocycles. The predicted octanol–water partition coefficient (Wildman–Crippen LogP) is 3.76. The lowest BCUT2D eigenvalue weighted by Gasteiger charge is -2.38. The van der Waals surface area contributed by atoms with Crippen LogP contribution in [0.1, 0.15) is 41.5 Å². The van der Waals surface area contributed by atoms with Gasteiger partial charge in [-0.2, -0.15) is 0 Å². The van der Waals surface area contributed by atoms with Crippen LogP contribution in [0.15, 0.2) is 42.6 Å². The largest absolute Gasteiger partial charge is 0.369 e. The number of piperazine rings is 1. The Hall–Kier alpha value is -2.57. The molecule has 0 saturated carbocycles. The summed E-state index contributed by atoms with van der Waals surface area (Å²) in [6, 6.07) is 12.9. The Morgan fingerprint density at radius 2 is 2.00 bits per heavy atom. The molecule has 1 unspecified atom stereocenters. The maximum absolute atomic E-state index is 13.0. The van der Waals surface area contributed by atoms with Crippen molar-refractivity contribution in [2.75, 3.05) is 31.1 Å². The number of carbonyl (C=O) groups is 1. The maximum atomic E-state index is 13.0. The molecule has 0 spiro atoms. The van der Waals surface area contributed by atoms with Gasteiger partial charge in [-0.1, -0.05) is 30.7 Å². The van der Waals surface area contributed by atoms with Crippen molar-refractivity contribution in [3.05, 3.63) is 64.6 Å². The molecule has 2 aliphatic rings. The molecular formula is C24H28ClN5O. The molecule has 162 valence electrons. The number of benzene rings is 1. The van der Waals surface area contributed by atoms with Gasteiger partial charge in [-0.25, -0.2) is 4.98 Å². The number of halogens is 1. The van der Waals surface area contributed by atoms with Crippen LogP contribution >= 0.6 is 11.6 Å². The minimum absolute atomic E-state index is 0.131. The Labute approximate surface area is 187 Å². The van der Waals surface area contributed by atoms with Crippen molar-refractivity contribution in [3.63, 3.8) is 0 Å². The van der Waals surface area contributed by atoms with E-state index in [-0.39, 0.29) is 5.91 Å². The standard InChI is InChI=1S/C24H28ClN5O/c1-2-21-23(30-15-18(25)7-10-22(30)27-21)24(31)26-14-17-5-8-19(9-6-17)29-13-12-28-11-3-4-20(28)16-29/h5-10,15,20H,2-4,11-14,16H2,1H3,(H,26,31). The van der Waals surface area contributed by atoms with E-state index in [1.807, 2.05) is 13.0 Å². The molecule has 7 heteroatoms. The smallest absolute Gasteiger partial charge is 0.270 e. The van der Waals surface area contributed by atoms with E-state index < -0.39 is 0 Å². The normalized spacial score (nSPS) is 19.0. The molecule has 0 radical (unpaired) electrons. The number of amides is 1. The third kappa shape index (κ3) is 4.02. The molecule has 2 fully saturated rings. The van der Waals surface area contributed by atoms with Crippen LogP contribution in [0.25, 0.3) is 5.65 Å². The Kier molecular flexibility index (Phi) is 5.59. The highest BCUT2D eigenvalue weighted by molar-refractivity contribution is 6.30. The van der Waals surface area contributed by atoms with Crippen molar-refractivity contribution in [1.29, 1.82) is 0 Å². The van der Waals surface area contributed by atoms with Gasteiger partial charge in [0, 0.05) is 44.1 Å². The van der Waals surface area contributed by atoms with E-state index in [1.165, 1.54) is 25.1 Å². The van der Waals surface area contributed by atoms with Gasteiger partial charge in [0.15, 0.2) is 0 Å². The molecule has 1 aromatic carbocycles. The quantitative estimate of drug-likeness (QED) is 0.660. The number of aryl methyl sites for hydroxylation is 1. The zero-order valence-corrected chi connectivity index (χ0v) is 18.6. The molecule has 2 saturated heterocycles. The number of pyridine rings is 1. The van der Waals surface area contributed by atoms with Crippen molar-refractivity contribution in [1.82, 2.24) is 19.6 Å². The fourth-order valence-corrected chi connectivity index (χ4v) is 5.03. The first-order valence-corrected chi connectivity index (χ1v) is 11.5. The van der Waals surface area contributed by atoms with Gasteiger partial charge in [0.25, 0.3) is 5.91 Å². The second-order valence-corrected chi connectivity index (χ2v) is 8.90. The minimum Gasteiger partial charge on any atom is -0.369 e. The second-order valence-electron chi connectivity index (χ2n) is 8.46. The van der Waals surface area contributed by atoms with Gasteiger partial charge >= 0.3 is 0 Å². The zero-order valence-electron chi connectivity index (χ0n) is 17.9. The number of fused-ring (bicyclic) bond motifs is 2. The molecular weight excluding hydrogens is 410 g/mol. The van der Waals surface area contributed by atoms with Gasteiger partial charge in [0.2, 0.25) is 0 Å². The lowest BCUT2D eigenvalue weighted by Crippen LogP contribution is -2.50. The molecule has 3 aromatic rings. The average molecular weight is 438 g/mol.